The Kier molecular flexibility index (Phi) is 7.10. The molecule has 0 aliphatic rings. The lowest BCUT2D eigenvalue weighted by Crippen LogP contribution is -2.31. The summed E-state index contributed by atoms with van der Waals surface area (Å²) in [5.74, 6) is 4.88. The summed E-state index contributed by atoms with van der Waals surface area (Å²) < 4.78 is 5.32. The van der Waals surface area contributed by atoms with Crippen LogP contribution in [0.3, 0.4) is 0 Å². The minimum absolute atomic E-state index is 0.179. The number of nitrogens with zero attached hydrogens (tertiary/aromatic N) is 1. The van der Waals surface area contributed by atoms with Crippen LogP contribution in [-0.4, -0.2) is 37.6 Å². The van der Waals surface area contributed by atoms with E-state index in [0.717, 1.165) is 31.9 Å². The molecule has 0 radical (unpaired) electrons. The highest BCUT2D eigenvalue weighted by Gasteiger charge is 2.03. The summed E-state index contributed by atoms with van der Waals surface area (Å²) in [6, 6.07) is 7.99. The molecule has 19 heavy (non-hydrogen) atoms. The van der Waals surface area contributed by atoms with Crippen molar-refractivity contribution in [1.29, 1.82) is 0 Å². The number of rotatable bonds is 8. The molecule has 1 aromatic carbocycles. The van der Waals surface area contributed by atoms with Crippen molar-refractivity contribution in [3.63, 3.8) is 0 Å². The van der Waals surface area contributed by atoms with E-state index < -0.39 is 0 Å². The molecule has 0 fully saturated rings. The van der Waals surface area contributed by atoms with E-state index in [1.165, 1.54) is 5.56 Å². The maximum Gasteiger partial charge on any atom is 0.238 e. The predicted molar refractivity (Wildman–Crippen MR) is 75.3 cm³/mol. The highest BCUT2D eigenvalue weighted by molar-refractivity contribution is 5.77. The summed E-state index contributed by atoms with van der Waals surface area (Å²) >= 11 is 0. The Bertz CT molecular complexity index is 379. The maximum atomic E-state index is 11.1. The number of benzene rings is 1. The molecule has 0 unspecified atom stereocenters. The van der Waals surface area contributed by atoms with Gasteiger partial charge in [0.1, 0.15) is 0 Å². The molecule has 0 bridgehead atoms. The zero-order valence-electron chi connectivity index (χ0n) is 11.7. The molecule has 1 amide bonds. The number of hydrogen-bond donors (Lipinski definition) is 2. The molecule has 106 valence electrons. The van der Waals surface area contributed by atoms with Gasteiger partial charge in [0.25, 0.3) is 0 Å². The zero-order chi connectivity index (χ0) is 14.1. The van der Waals surface area contributed by atoms with Crippen molar-refractivity contribution in [3.8, 4) is 0 Å². The Morgan fingerprint density at radius 3 is 2.53 bits per heavy atom. The molecule has 0 heterocycles. The van der Waals surface area contributed by atoms with E-state index in [9.17, 15) is 4.79 Å². The van der Waals surface area contributed by atoms with Crippen LogP contribution in [0.5, 0.6) is 0 Å². The second kappa shape index (κ2) is 8.63. The molecule has 0 saturated carbocycles. The van der Waals surface area contributed by atoms with Gasteiger partial charge in [-0.1, -0.05) is 24.3 Å². The summed E-state index contributed by atoms with van der Waals surface area (Å²) in [7, 11) is 2.06. The molecule has 0 spiro atoms. The van der Waals surface area contributed by atoms with Crippen LogP contribution in [0.4, 0.5) is 0 Å². The highest BCUT2D eigenvalue weighted by atomic mass is 16.5. The Labute approximate surface area is 114 Å². The number of amides is 1. The Hall–Kier alpha value is -1.43. The fourth-order valence-corrected chi connectivity index (χ4v) is 1.75. The Morgan fingerprint density at radius 1 is 1.32 bits per heavy atom. The first-order valence-corrected chi connectivity index (χ1v) is 6.49. The van der Waals surface area contributed by atoms with Gasteiger partial charge in [-0.2, -0.15) is 0 Å². The van der Waals surface area contributed by atoms with Gasteiger partial charge >= 0.3 is 0 Å². The second-order valence-electron chi connectivity index (χ2n) is 4.50. The number of likely N-dealkylation sites (N-methyl/N-ethyl adjacent to an activating group) is 1. The molecule has 1 aromatic rings. The van der Waals surface area contributed by atoms with Crippen molar-refractivity contribution in [3.05, 3.63) is 35.4 Å². The lowest BCUT2D eigenvalue weighted by Gasteiger charge is -2.16. The molecule has 0 atom stereocenters. The van der Waals surface area contributed by atoms with Gasteiger partial charge in [-0.05, 0) is 25.1 Å². The van der Waals surface area contributed by atoms with Crippen molar-refractivity contribution in [2.45, 2.75) is 19.9 Å². The van der Waals surface area contributed by atoms with Crippen LogP contribution >= 0.6 is 0 Å². The first-order valence-electron chi connectivity index (χ1n) is 6.49. The third-order valence-electron chi connectivity index (χ3n) is 2.82. The second-order valence-corrected chi connectivity index (χ2v) is 4.50. The molecular weight excluding hydrogens is 242 g/mol. The minimum atomic E-state index is -0.179. The van der Waals surface area contributed by atoms with Crippen molar-refractivity contribution in [1.82, 2.24) is 10.3 Å². The third-order valence-corrected chi connectivity index (χ3v) is 2.82. The van der Waals surface area contributed by atoms with E-state index in [4.69, 9.17) is 10.6 Å². The average molecular weight is 265 g/mol. The summed E-state index contributed by atoms with van der Waals surface area (Å²) in [5, 5.41) is 0. The highest BCUT2D eigenvalue weighted by Crippen LogP contribution is 2.07. The van der Waals surface area contributed by atoms with E-state index in [1.54, 1.807) is 0 Å². The number of hydrazine groups is 1. The molecule has 5 heteroatoms. The van der Waals surface area contributed by atoms with Crippen molar-refractivity contribution in [2.75, 3.05) is 26.8 Å². The number of nitrogens with one attached hydrogen (secondary N) is 1. The fraction of sp³-hybridized carbons (Fsp3) is 0.500. The molecule has 0 aliphatic carbocycles. The van der Waals surface area contributed by atoms with Crippen LogP contribution in [-0.2, 0) is 22.5 Å². The fourth-order valence-electron chi connectivity index (χ4n) is 1.75. The molecule has 5 nitrogen and oxygen atoms in total. The van der Waals surface area contributed by atoms with E-state index >= 15 is 0 Å². The predicted octanol–water partition coefficient (Wildman–Crippen LogP) is 0.687. The third kappa shape index (κ3) is 6.33. The van der Waals surface area contributed by atoms with Gasteiger partial charge in [0.2, 0.25) is 5.91 Å². The summed E-state index contributed by atoms with van der Waals surface area (Å²) in [6.07, 6.45) is 0.316. The Balaban J connectivity index is 2.41. The molecule has 3 N–H and O–H groups in total. The van der Waals surface area contributed by atoms with E-state index in [2.05, 4.69) is 17.4 Å². The van der Waals surface area contributed by atoms with Gasteiger partial charge in [-0.15, -0.1) is 0 Å². The lowest BCUT2D eigenvalue weighted by atomic mass is 10.1. The van der Waals surface area contributed by atoms with E-state index in [0.29, 0.717) is 6.42 Å². The van der Waals surface area contributed by atoms with Gasteiger partial charge in [0.05, 0.1) is 13.0 Å². The maximum absolute atomic E-state index is 11.1. The van der Waals surface area contributed by atoms with Gasteiger partial charge in [-0.3, -0.25) is 15.1 Å². The normalized spacial score (nSPS) is 10.7. The summed E-state index contributed by atoms with van der Waals surface area (Å²) in [4.78, 5) is 13.3. The molecule has 0 aromatic heterocycles. The molecular formula is C14H23N3O2. The molecule has 1 rings (SSSR count). The lowest BCUT2D eigenvalue weighted by molar-refractivity contribution is -0.120. The van der Waals surface area contributed by atoms with E-state index in [1.807, 2.05) is 31.2 Å². The molecule has 0 saturated heterocycles. The van der Waals surface area contributed by atoms with Gasteiger partial charge in [0, 0.05) is 19.7 Å². The minimum Gasteiger partial charge on any atom is -0.380 e. The number of nitrogens with two attached hydrogens (primary N) is 1. The monoisotopic (exact) mass is 265 g/mol. The number of ether oxygens (including phenoxy) is 1. The largest absolute Gasteiger partial charge is 0.380 e. The average Bonchev–Trinajstić information content (AvgIpc) is 2.41. The van der Waals surface area contributed by atoms with E-state index in [-0.39, 0.29) is 5.91 Å². The van der Waals surface area contributed by atoms with Crippen LogP contribution in [0.25, 0.3) is 0 Å². The van der Waals surface area contributed by atoms with Gasteiger partial charge in [0.15, 0.2) is 0 Å². The number of carbonyl (C=O) groups excluding carboxylic acids is 1. The van der Waals surface area contributed by atoms with Crippen LogP contribution in [0.15, 0.2) is 24.3 Å². The zero-order valence-corrected chi connectivity index (χ0v) is 11.7. The summed E-state index contributed by atoms with van der Waals surface area (Å²) in [5.41, 5.74) is 4.31. The van der Waals surface area contributed by atoms with Crippen LogP contribution in [0.1, 0.15) is 18.1 Å². The SMILES string of the molecule is CCOCCN(C)Cc1ccc(CC(=O)NN)cc1. The first kappa shape index (κ1) is 15.6. The van der Waals surface area contributed by atoms with Crippen LogP contribution in [0.2, 0.25) is 0 Å². The van der Waals surface area contributed by atoms with Crippen molar-refractivity contribution >= 4 is 5.91 Å². The Morgan fingerprint density at radius 2 is 1.95 bits per heavy atom. The smallest absolute Gasteiger partial charge is 0.238 e. The number of hydrogen-bond acceptors (Lipinski definition) is 4. The van der Waals surface area contributed by atoms with Gasteiger partial charge < -0.3 is 4.74 Å². The standard InChI is InChI=1S/C14H23N3O2/c1-3-19-9-8-17(2)11-13-6-4-12(5-7-13)10-14(18)16-15/h4-7H,3,8-11,15H2,1-2H3,(H,16,18). The van der Waals surface area contributed by atoms with Crippen molar-refractivity contribution < 1.29 is 9.53 Å². The molecule has 0 aliphatic heterocycles. The number of carbonyl (C=O) groups is 1. The van der Waals surface area contributed by atoms with Crippen LogP contribution < -0.4 is 11.3 Å². The first-order chi connectivity index (χ1) is 9.15. The van der Waals surface area contributed by atoms with Crippen molar-refractivity contribution in [2.24, 2.45) is 5.84 Å². The van der Waals surface area contributed by atoms with Gasteiger partial charge in [-0.25, -0.2) is 5.84 Å². The summed E-state index contributed by atoms with van der Waals surface area (Å²) in [6.45, 7) is 5.28. The van der Waals surface area contributed by atoms with Crippen LogP contribution in [0, 0.1) is 0 Å². The topological polar surface area (TPSA) is 67.6 Å². The quantitative estimate of drug-likeness (QED) is 0.314.